The van der Waals surface area contributed by atoms with Crippen LogP contribution in [-0.2, 0) is 21.9 Å². The second kappa shape index (κ2) is 12.1. The highest BCUT2D eigenvalue weighted by molar-refractivity contribution is 7.89. The first kappa shape index (κ1) is 29.0. The summed E-state index contributed by atoms with van der Waals surface area (Å²) in [4.78, 5) is 32.4. The molecular weight excluding hydrogens is 522 g/mol. The summed E-state index contributed by atoms with van der Waals surface area (Å²) < 4.78 is 35.7. The Bertz CT molecular complexity index is 1290. The van der Waals surface area contributed by atoms with Gasteiger partial charge in [0.1, 0.15) is 6.10 Å². The number of imidazole rings is 1. The quantitative estimate of drug-likeness (QED) is 0.506. The number of amides is 2. The van der Waals surface area contributed by atoms with Crippen LogP contribution in [0.1, 0.15) is 56.3 Å². The molecule has 2 aromatic rings. The SMILES string of the molecule is C[C@H]1CN([C@@H](C)CO)C(=O)c2cccc(NC(=O)C3CCCCC3)c2O[C@@H]1CN(C)S(=O)(=O)c1cn(C)cn1. The molecule has 3 atom stereocenters. The monoisotopic (exact) mass is 561 g/mol. The minimum absolute atomic E-state index is 0.0139. The van der Waals surface area contributed by atoms with Crippen LogP contribution < -0.4 is 10.1 Å². The van der Waals surface area contributed by atoms with Gasteiger partial charge in [-0.05, 0) is 31.9 Å². The van der Waals surface area contributed by atoms with E-state index in [0.29, 0.717) is 5.69 Å². The van der Waals surface area contributed by atoms with Gasteiger partial charge in [-0.15, -0.1) is 0 Å². The number of hydrogen-bond donors (Lipinski definition) is 2. The van der Waals surface area contributed by atoms with E-state index in [1.807, 2.05) is 6.92 Å². The average Bonchev–Trinajstić information content (AvgIpc) is 3.38. The Morgan fingerprint density at radius 3 is 2.64 bits per heavy atom. The van der Waals surface area contributed by atoms with Crippen molar-refractivity contribution in [1.82, 2.24) is 18.8 Å². The summed E-state index contributed by atoms with van der Waals surface area (Å²) in [6.07, 6.45) is 6.96. The molecule has 1 aliphatic carbocycles. The normalized spacial score (nSPS) is 21.6. The first-order chi connectivity index (χ1) is 18.5. The molecule has 1 fully saturated rings. The maximum absolute atomic E-state index is 13.7. The van der Waals surface area contributed by atoms with Crippen molar-refractivity contribution >= 4 is 27.5 Å². The van der Waals surface area contributed by atoms with Crippen molar-refractivity contribution in [2.24, 2.45) is 18.9 Å². The molecule has 0 bridgehead atoms. The lowest BCUT2D eigenvalue weighted by molar-refractivity contribution is -0.120. The number of benzene rings is 1. The van der Waals surface area contributed by atoms with Gasteiger partial charge in [-0.25, -0.2) is 13.4 Å². The number of likely N-dealkylation sites (N-methyl/N-ethyl adjacent to an activating group) is 1. The van der Waals surface area contributed by atoms with Gasteiger partial charge in [0.2, 0.25) is 5.91 Å². The van der Waals surface area contributed by atoms with Crippen molar-refractivity contribution in [1.29, 1.82) is 0 Å². The average molecular weight is 562 g/mol. The third-order valence-electron chi connectivity index (χ3n) is 7.72. The molecule has 2 aliphatic rings. The molecule has 1 saturated carbocycles. The van der Waals surface area contributed by atoms with Crippen molar-refractivity contribution in [2.45, 2.75) is 63.1 Å². The number of para-hydroxylation sites is 1. The lowest BCUT2D eigenvalue weighted by Gasteiger charge is -2.38. The number of carbonyl (C=O) groups is 2. The molecule has 214 valence electrons. The predicted octanol–water partition coefficient (Wildman–Crippen LogP) is 2.48. The highest BCUT2D eigenvalue weighted by atomic mass is 32.2. The highest BCUT2D eigenvalue weighted by Crippen LogP contribution is 2.36. The van der Waals surface area contributed by atoms with Crippen molar-refractivity contribution < 1.29 is 27.9 Å². The van der Waals surface area contributed by atoms with E-state index in [9.17, 15) is 23.1 Å². The van der Waals surface area contributed by atoms with Gasteiger partial charge < -0.3 is 24.6 Å². The number of fused-ring (bicyclic) bond motifs is 1. The Labute approximate surface area is 230 Å². The van der Waals surface area contributed by atoms with Crippen LogP contribution in [0.25, 0.3) is 0 Å². The van der Waals surface area contributed by atoms with Crippen LogP contribution in [0.15, 0.2) is 35.7 Å². The third kappa shape index (κ3) is 6.28. The number of aliphatic hydroxyl groups excluding tert-OH is 1. The summed E-state index contributed by atoms with van der Waals surface area (Å²) in [5, 5.41) is 12.8. The number of rotatable bonds is 8. The smallest absolute Gasteiger partial charge is 0.261 e. The number of aryl methyl sites for hydroxylation is 1. The summed E-state index contributed by atoms with van der Waals surface area (Å²) in [5.74, 6) is -0.628. The maximum Gasteiger partial charge on any atom is 0.261 e. The summed E-state index contributed by atoms with van der Waals surface area (Å²) in [6.45, 7) is 3.64. The van der Waals surface area contributed by atoms with E-state index in [1.54, 1.807) is 41.6 Å². The van der Waals surface area contributed by atoms with E-state index >= 15 is 0 Å². The molecule has 39 heavy (non-hydrogen) atoms. The molecule has 12 heteroatoms. The summed E-state index contributed by atoms with van der Waals surface area (Å²) >= 11 is 0. The summed E-state index contributed by atoms with van der Waals surface area (Å²) in [6, 6.07) is 4.55. The van der Waals surface area contributed by atoms with Gasteiger partial charge in [0, 0.05) is 38.7 Å². The van der Waals surface area contributed by atoms with E-state index in [1.165, 1.54) is 23.9 Å². The van der Waals surface area contributed by atoms with E-state index in [0.717, 1.165) is 32.1 Å². The molecule has 1 aliphatic heterocycles. The molecule has 0 unspecified atom stereocenters. The predicted molar refractivity (Wildman–Crippen MR) is 146 cm³/mol. The van der Waals surface area contributed by atoms with Gasteiger partial charge in [0.05, 0.1) is 36.8 Å². The van der Waals surface area contributed by atoms with E-state index < -0.39 is 22.2 Å². The lowest BCUT2D eigenvalue weighted by Crippen LogP contribution is -2.50. The fourth-order valence-corrected chi connectivity index (χ4v) is 6.33. The molecule has 2 N–H and O–H groups in total. The maximum atomic E-state index is 13.7. The lowest BCUT2D eigenvalue weighted by atomic mass is 9.88. The third-order valence-corrected chi connectivity index (χ3v) is 9.43. The molecule has 11 nitrogen and oxygen atoms in total. The second-order valence-electron chi connectivity index (χ2n) is 10.8. The molecular formula is C27H39N5O6S. The van der Waals surface area contributed by atoms with Gasteiger partial charge in [-0.2, -0.15) is 4.31 Å². The molecule has 4 rings (SSSR count). The second-order valence-corrected chi connectivity index (χ2v) is 12.8. The summed E-state index contributed by atoms with van der Waals surface area (Å²) in [5.41, 5.74) is 0.631. The van der Waals surface area contributed by atoms with Crippen molar-refractivity contribution in [3.63, 3.8) is 0 Å². The Balaban J connectivity index is 1.69. The number of ether oxygens (including phenoxy) is 1. The molecule has 2 heterocycles. The van der Waals surface area contributed by atoms with Crippen LogP contribution in [-0.4, -0.2) is 83.0 Å². The van der Waals surface area contributed by atoms with Crippen LogP contribution in [0.2, 0.25) is 0 Å². The van der Waals surface area contributed by atoms with Crippen LogP contribution >= 0.6 is 0 Å². The van der Waals surface area contributed by atoms with Gasteiger partial charge in [-0.3, -0.25) is 9.59 Å². The van der Waals surface area contributed by atoms with Gasteiger partial charge in [0.25, 0.3) is 15.9 Å². The van der Waals surface area contributed by atoms with Crippen LogP contribution in [0.3, 0.4) is 0 Å². The standard InChI is InChI=1S/C27H39N5O6S/c1-18-13-32(19(2)16-33)27(35)21-11-8-12-22(29-26(34)20-9-6-5-7-10-20)25(21)38-23(18)14-31(4)39(36,37)24-15-30(3)17-28-24/h8,11-12,15,17-20,23,33H,5-7,9-10,13-14,16H2,1-4H3,(H,29,34)/t18-,19-,23+/m0/s1. The Morgan fingerprint density at radius 2 is 2.00 bits per heavy atom. The minimum atomic E-state index is -3.90. The number of hydrogen-bond acceptors (Lipinski definition) is 7. The molecule has 1 aromatic carbocycles. The minimum Gasteiger partial charge on any atom is -0.486 e. The first-order valence-electron chi connectivity index (χ1n) is 13.5. The molecule has 0 spiro atoms. The van der Waals surface area contributed by atoms with Crippen molar-refractivity contribution in [3.8, 4) is 5.75 Å². The van der Waals surface area contributed by atoms with Crippen molar-refractivity contribution in [3.05, 3.63) is 36.3 Å². The van der Waals surface area contributed by atoms with E-state index in [2.05, 4.69) is 10.3 Å². The fourth-order valence-electron chi connectivity index (χ4n) is 5.19. The Hall–Kier alpha value is -2.96. The van der Waals surface area contributed by atoms with Gasteiger partial charge >= 0.3 is 0 Å². The largest absolute Gasteiger partial charge is 0.486 e. The Kier molecular flexibility index (Phi) is 8.97. The number of anilines is 1. The molecule has 0 radical (unpaired) electrons. The van der Waals surface area contributed by atoms with Crippen LogP contribution in [0, 0.1) is 11.8 Å². The van der Waals surface area contributed by atoms with Crippen LogP contribution in [0.4, 0.5) is 5.69 Å². The Morgan fingerprint density at radius 1 is 1.28 bits per heavy atom. The molecule has 2 amide bonds. The van der Waals surface area contributed by atoms with E-state index in [4.69, 9.17) is 4.74 Å². The zero-order valence-electron chi connectivity index (χ0n) is 23.0. The van der Waals surface area contributed by atoms with Crippen LogP contribution in [0.5, 0.6) is 5.75 Å². The number of aliphatic hydroxyl groups is 1. The number of carbonyl (C=O) groups excluding carboxylic acids is 2. The number of nitrogens with one attached hydrogen (secondary N) is 1. The van der Waals surface area contributed by atoms with Gasteiger partial charge in [-0.1, -0.05) is 32.3 Å². The molecule has 0 saturated heterocycles. The number of nitrogens with zero attached hydrogens (tertiary/aromatic N) is 4. The molecule has 1 aromatic heterocycles. The van der Waals surface area contributed by atoms with Gasteiger partial charge in [0.15, 0.2) is 10.8 Å². The topological polar surface area (TPSA) is 134 Å². The van der Waals surface area contributed by atoms with Crippen molar-refractivity contribution in [2.75, 3.05) is 32.1 Å². The van der Waals surface area contributed by atoms with E-state index in [-0.39, 0.29) is 59.7 Å². The highest BCUT2D eigenvalue weighted by Gasteiger charge is 2.37. The number of aromatic nitrogens is 2. The fraction of sp³-hybridized carbons (Fsp3) is 0.593. The zero-order valence-corrected chi connectivity index (χ0v) is 23.9. The number of sulfonamides is 1. The first-order valence-corrected chi connectivity index (χ1v) is 14.9. The summed E-state index contributed by atoms with van der Waals surface area (Å²) in [7, 11) is -0.735. The zero-order chi connectivity index (χ0) is 28.3.